The number of aryl methyl sites for hydroxylation is 2. The first-order chi connectivity index (χ1) is 9.62. The normalized spacial score (nSPS) is 10.8. The monoisotopic (exact) mass is 270 g/mol. The average Bonchev–Trinajstić information content (AvgIpc) is 2.48. The highest BCUT2D eigenvalue weighted by atomic mass is 16.3. The molecule has 0 unspecified atom stereocenters. The molecule has 0 saturated carbocycles. The van der Waals surface area contributed by atoms with Crippen molar-refractivity contribution in [2.45, 2.75) is 40.0 Å². The summed E-state index contributed by atoms with van der Waals surface area (Å²) in [5, 5.41) is 19.3. The predicted molar refractivity (Wildman–Crippen MR) is 83.3 cm³/mol. The maximum absolute atomic E-state index is 9.77. The highest BCUT2D eigenvalue weighted by Gasteiger charge is 2.13. The van der Waals surface area contributed by atoms with E-state index in [0.717, 1.165) is 24.8 Å². The maximum Gasteiger partial charge on any atom is 0.158 e. The molecule has 2 aromatic carbocycles. The lowest BCUT2D eigenvalue weighted by Gasteiger charge is -2.17. The zero-order valence-corrected chi connectivity index (χ0v) is 12.4. The Kier molecular flexibility index (Phi) is 4.33. The zero-order valence-electron chi connectivity index (χ0n) is 12.4. The Hall–Kier alpha value is -1.96. The van der Waals surface area contributed by atoms with Crippen LogP contribution in [0.4, 0.5) is 0 Å². The quantitative estimate of drug-likeness (QED) is 0.806. The van der Waals surface area contributed by atoms with E-state index in [1.54, 1.807) is 12.1 Å². The lowest BCUT2D eigenvalue weighted by atomic mass is 9.87. The minimum Gasteiger partial charge on any atom is -0.504 e. The Labute approximate surface area is 120 Å². The molecule has 0 aliphatic rings. The van der Waals surface area contributed by atoms with Crippen LogP contribution in [0.25, 0.3) is 11.1 Å². The highest BCUT2D eigenvalue weighted by Crippen LogP contribution is 2.36. The van der Waals surface area contributed by atoms with Gasteiger partial charge in [0.05, 0.1) is 0 Å². The molecule has 20 heavy (non-hydrogen) atoms. The van der Waals surface area contributed by atoms with Crippen LogP contribution in [-0.2, 0) is 19.3 Å². The summed E-state index contributed by atoms with van der Waals surface area (Å²) in [6.45, 7) is 6.47. The summed E-state index contributed by atoms with van der Waals surface area (Å²) in [6.07, 6.45) is 2.92. The number of aromatic hydroxyl groups is 2. The van der Waals surface area contributed by atoms with Crippen LogP contribution in [0.5, 0.6) is 11.5 Å². The van der Waals surface area contributed by atoms with Crippen LogP contribution in [0.15, 0.2) is 30.3 Å². The molecule has 2 rings (SSSR count). The van der Waals surface area contributed by atoms with Crippen molar-refractivity contribution >= 4 is 0 Å². The largest absolute Gasteiger partial charge is 0.504 e. The summed E-state index contributed by atoms with van der Waals surface area (Å²) in [4.78, 5) is 0. The second-order valence-electron chi connectivity index (χ2n) is 5.00. The fourth-order valence-electron chi connectivity index (χ4n) is 2.81. The molecule has 0 aliphatic carbocycles. The van der Waals surface area contributed by atoms with Crippen LogP contribution in [0.2, 0.25) is 0 Å². The van der Waals surface area contributed by atoms with Crippen LogP contribution in [0.1, 0.15) is 37.5 Å². The Morgan fingerprint density at radius 1 is 0.750 bits per heavy atom. The van der Waals surface area contributed by atoms with Gasteiger partial charge in [0.15, 0.2) is 11.5 Å². The molecule has 0 heterocycles. The van der Waals surface area contributed by atoms with Gasteiger partial charge in [0.1, 0.15) is 0 Å². The van der Waals surface area contributed by atoms with Gasteiger partial charge in [0.2, 0.25) is 0 Å². The number of benzene rings is 2. The minimum atomic E-state index is -0.0727. The zero-order chi connectivity index (χ0) is 14.7. The predicted octanol–water partition coefficient (Wildman–Crippen LogP) is 4.45. The summed E-state index contributed by atoms with van der Waals surface area (Å²) in [7, 11) is 0. The number of rotatable bonds is 4. The number of phenols is 2. The van der Waals surface area contributed by atoms with E-state index in [-0.39, 0.29) is 11.5 Å². The Morgan fingerprint density at radius 2 is 1.40 bits per heavy atom. The van der Waals surface area contributed by atoms with Crippen molar-refractivity contribution in [2.75, 3.05) is 0 Å². The molecule has 0 radical (unpaired) electrons. The topological polar surface area (TPSA) is 40.5 Å². The third-order valence-corrected chi connectivity index (χ3v) is 3.88. The van der Waals surface area contributed by atoms with E-state index in [9.17, 15) is 10.2 Å². The third-order valence-electron chi connectivity index (χ3n) is 3.88. The molecular weight excluding hydrogens is 248 g/mol. The minimum absolute atomic E-state index is 0.0616. The van der Waals surface area contributed by atoms with Gasteiger partial charge in [0.25, 0.3) is 0 Å². The fraction of sp³-hybridized carbons (Fsp3) is 0.333. The molecule has 0 amide bonds. The molecule has 106 valence electrons. The van der Waals surface area contributed by atoms with Gasteiger partial charge >= 0.3 is 0 Å². The van der Waals surface area contributed by atoms with Crippen LogP contribution in [0.3, 0.4) is 0 Å². The van der Waals surface area contributed by atoms with Crippen molar-refractivity contribution in [3.8, 4) is 22.6 Å². The first-order valence-electron chi connectivity index (χ1n) is 7.28. The summed E-state index contributed by atoms with van der Waals surface area (Å²) < 4.78 is 0. The lowest BCUT2D eigenvalue weighted by Crippen LogP contribution is -1.99. The maximum atomic E-state index is 9.77. The second kappa shape index (κ2) is 6.00. The second-order valence-corrected chi connectivity index (χ2v) is 5.00. The molecule has 0 fully saturated rings. The van der Waals surface area contributed by atoms with Crippen molar-refractivity contribution in [3.05, 3.63) is 47.0 Å². The molecule has 0 aliphatic heterocycles. The highest BCUT2D eigenvalue weighted by molar-refractivity contribution is 5.74. The van der Waals surface area contributed by atoms with Crippen LogP contribution >= 0.6 is 0 Å². The van der Waals surface area contributed by atoms with Crippen LogP contribution in [0, 0.1) is 0 Å². The van der Waals surface area contributed by atoms with E-state index in [1.165, 1.54) is 22.3 Å². The van der Waals surface area contributed by atoms with Gasteiger partial charge in [-0.1, -0.05) is 39.0 Å². The van der Waals surface area contributed by atoms with Gasteiger partial charge in [-0.3, -0.25) is 0 Å². The molecule has 2 aromatic rings. The smallest absolute Gasteiger partial charge is 0.158 e. The van der Waals surface area contributed by atoms with Gasteiger partial charge in [0, 0.05) is 0 Å². The lowest BCUT2D eigenvalue weighted by molar-refractivity contribution is 0.404. The van der Waals surface area contributed by atoms with E-state index < -0.39 is 0 Å². The van der Waals surface area contributed by atoms with Gasteiger partial charge in [-0.05, 0) is 59.2 Å². The van der Waals surface area contributed by atoms with E-state index in [1.807, 2.05) is 6.07 Å². The Balaban J connectivity index is 2.72. The van der Waals surface area contributed by atoms with E-state index in [4.69, 9.17) is 0 Å². The van der Waals surface area contributed by atoms with Crippen molar-refractivity contribution in [3.63, 3.8) is 0 Å². The van der Waals surface area contributed by atoms with E-state index >= 15 is 0 Å². The first-order valence-corrected chi connectivity index (χ1v) is 7.28. The molecule has 0 spiro atoms. The van der Waals surface area contributed by atoms with Crippen molar-refractivity contribution < 1.29 is 10.2 Å². The van der Waals surface area contributed by atoms with Gasteiger partial charge in [-0.15, -0.1) is 0 Å². The third kappa shape index (κ3) is 2.51. The SMILES string of the molecule is CCc1ccc(CC)c(-c2ccc(O)c(O)c2)c1CC. The Morgan fingerprint density at radius 3 is 1.95 bits per heavy atom. The number of hydrogen-bond acceptors (Lipinski definition) is 2. The molecule has 0 saturated heterocycles. The molecular formula is C18H22O2. The molecule has 2 heteroatoms. The van der Waals surface area contributed by atoms with Crippen molar-refractivity contribution in [1.82, 2.24) is 0 Å². The summed E-state index contributed by atoms with van der Waals surface area (Å²) >= 11 is 0. The molecule has 0 atom stereocenters. The van der Waals surface area contributed by atoms with Gasteiger partial charge in [-0.25, -0.2) is 0 Å². The van der Waals surface area contributed by atoms with Crippen LogP contribution < -0.4 is 0 Å². The fourth-order valence-corrected chi connectivity index (χ4v) is 2.81. The van der Waals surface area contributed by atoms with Gasteiger partial charge in [-0.2, -0.15) is 0 Å². The molecule has 0 aromatic heterocycles. The van der Waals surface area contributed by atoms with E-state index in [0.29, 0.717) is 0 Å². The molecule has 0 bridgehead atoms. The standard InChI is InChI=1S/C18H22O2/c1-4-12-7-8-13(5-2)18(15(12)6-3)14-9-10-16(19)17(20)11-14/h7-11,19-20H,4-6H2,1-3H3. The first kappa shape index (κ1) is 14.4. The summed E-state index contributed by atoms with van der Waals surface area (Å²) in [5.41, 5.74) is 6.17. The Bertz CT molecular complexity index is 615. The molecule has 2 nitrogen and oxygen atoms in total. The molecule has 2 N–H and O–H groups in total. The number of phenolic OH excluding ortho intramolecular Hbond substituents is 2. The van der Waals surface area contributed by atoms with Crippen molar-refractivity contribution in [2.24, 2.45) is 0 Å². The van der Waals surface area contributed by atoms with Crippen molar-refractivity contribution in [1.29, 1.82) is 0 Å². The van der Waals surface area contributed by atoms with Crippen LogP contribution in [-0.4, -0.2) is 10.2 Å². The number of hydrogen-bond donors (Lipinski definition) is 2. The van der Waals surface area contributed by atoms with E-state index in [2.05, 4.69) is 32.9 Å². The average molecular weight is 270 g/mol. The van der Waals surface area contributed by atoms with Gasteiger partial charge < -0.3 is 10.2 Å². The summed E-state index contributed by atoms with van der Waals surface area (Å²) in [6, 6.07) is 9.48. The summed E-state index contributed by atoms with van der Waals surface area (Å²) in [5.74, 6) is -0.134.